The van der Waals surface area contributed by atoms with E-state index in [-0.39, 0.29) is 28.2 Å². The minimum atomic E-state index is -0.470. The van der Waals surface area contributed by atoms with Crippen LogP contribution in [0.15, 0.2) is 45.6 Å². The fraction of sp³-hybridized carbons (Fsp3) is 0.0625. The lowest BCUT2D eigenvalue weighted by Crippen LogP contribution is -2.07. The van der Waals surface area contributed by atoms with E-state index in [2.05, 4.69) is 0 Å². The van der Waals surface area contributed by atoms with E-state index in [1.165, 1.54) is 19.2 Å². The Labute approximate surface area is 124 Å². The normalized spacial score (nSPS) is 10.8. The summed E-state index contributed by atoms with van der Waals surface area (Å²) >= 11 is 0. The molecular weight excluding hydrogens is 288 g/mol. The predicted octanol–water partition coefficient (Wildman–Crippen LogP) is 2.59. The zero-order valence-electron chi connectivity index (χ0n) is 11.5. The van der Waals surface area contributed by atoms with Gasteiger partial charge in [0.25, 0.3) is 0 Å². The Kier molecular flexibility index (Phi) is 3.14. The molecule has 0 aliphatic rings. The third-order valence-corrected chi connectivity index (χ3v) is 3.28. The SMILES string of the molecule is COc1c(-c2ccc(O)cc2)oc2cc(O)c(O)cc2c1=O. The first-order chi connectivity index (χ1) is 10.5. The zero-order chi connectivity index (χ0) is 15.9. The molecule has 3 aromatic rings. The van der Waals surface area contributed by atoms with Gasteiger partial charge in [0, 0.05) is 11.6 Å². The summed E-state index contributed by atoms with van der Waals surface area (Å²) in [4.78, 5) is 12.5. The highest BCUT2D eigenvalue weighted by Gasteiger charge is 2.18. The maximum Gasteiger partial charge on any atom is 0.235 e. The van der Waals surface area contributed by atoms with Crippen molar-refractivity contribution in [2.45, 2.75) is 0 Å². The van der Waals surface area contributed by atoms with Gasteiger partial charge in [0.05, 0.1) is 12.5 Å². The summed E-state index contributed by atoms with van der Waals surface area (Å²) < 4.78 is 10.8. The van der Waals surface area contributed by atoms with Crippen molar-refractivity contribution in [3.63, 3.8) is 0 Å². The molecule has 0 unspecified atom stereocenters. The number of ether oxygens (including phenoxy) is 1. The van der Waals surface area contributed by atoms with Crippen LogP contribution in [0.4, 0.5) is 0 Å². The van der Waals surface area contributed by atoms with Crippen LogP contribution in [0.3, 0.4) is 0 Å². The molecule has 0 aliphatic heterocycles. The van der Waals surface area contributed by atoms with Crippen LogP contribution >= 0.6 is 0 Å². The van der Waals surface area contributed by atoms with Gasteiger partial charge in [-0.05, 0) is 30.3 Å². The summed E-state index contributed by atoms with van der Waals surface area (Å²) in [7, 11) is 1.34. The molecule has 0 radical (unpaired) electrons. The zero-order valence-corrected chi connectivity index (χ0v) is 11.5. The summed E-state index contributed by atoms with van der Waals surface area (Å²) in [6.45, 7) is 0. The number of methoxy groups -OCH3 is 1. The van der Waals surface area contributed by atoms with E-state index in [0.717, 1.165) is 12.1 Å². The molecule has 3 N–H and O–H groups in total. The number of hydrogen-bond donors (Lipinski definition) is 3. The highest BCUT2D eigenvalue weighted by atomic mass is 16.5. The molecule has 1 heterocycles. The van der Waals surface area contributed by atoms with Gasteiger partial charge >= 0.3 is 0 Å². The molecule has 22 heavy (non-hydrogen) atoms. The van der Waals surface area contributed by atoms with Gasteiger partial charge in [0.2, 0.25) is 11.2 Å². The molecule has 0 saturated heterocycles. The van der Waals surface area contributed by atoms with Crippen LogP contribution in [-0.4, -0.2) is 22.4 Å². The monoisotopic (exact) mass is 300 g/mol. The van der Waals surface area contributed by atoms with Gasteiger partial charge in [-0.15, -0.1) is 0 Å². The van der Waals surface area contributed by atoms with Crippen LogP contribution in [0.2, 0.25) is 0 Å². The number of phenols is 3. The van der Waals surface area contributed by atoms with Crippen molar-refractivity contribution < 1.29 is 24.5 Å². The van der Waals surface area contributed by atoms with Gasteiger partial charge in [-0.25, -0.2) is 0 Å². The molecule has 6 nitrogen and oxygen atoms in total. The van der Waals surface area contributed by atoms with Gasteiger partial charge in [0.15, 0.2) is 17.3 Å². The van der Waals surface area contributed by atoms with Gasteiger partial charge in [-0.2, -0.15) is 0 Å². The van der Waals surface area contributed by atoms with Crippen molar-refractivity contribution in [1.82, 2.24) is 0 Å². The van der Waals surface area contributed by atoms with Crippen LogP contribution in [0.5, 0.6) is 23.0 Å². The number of fused-ring (bicyclic) bond motifs is 1. The quantitative estimate of drug-likeness (QED) is 0.629. The van der Waals surface area contributed by atoms with E-state index in [1.807, 2.05) is 0 Å². The summed E-state index contributed by atoms with van der Waals surface area (Å²) in [5, 5.41) is 28.5. The summed E-state index contributed by atoms with van der Waals surface area (Å²) in [5.41, 5.74) is 0.174. The van der Waals surface area contributed by atoms with E-state index in [9.17, 15) is 20.1 Å². The topological polar surface area (TPSA) is 100 Å². The lowest BCUT2D eigenvalue weighted by atomic mass is 10.1. The van der Waals surface area contributed by atoms with Gasteiger partial charge < -0.3 is 24.5 Å². The van der Waals surface area contributed by atoms with Crippen LogP contribution in [0, 0.1) is 0 Å². The number of aromatic hydroxyl groups is 3. The van der Waals surface area contributed by atoms with E-state index in [1.54, 1.807) is 12.1 Å². The first-order valence-corrected chi connectivity index (χ1v) is 6.37. The van der Waals surface area contributed by atoms with Gasteiger partial charge in [-0.1, -0.05) is 0 Å². The van der Waals surface area contributed by atoms with Crippen molar-refractivity contribution in [2.75, 3.05) is 7.11 Å². The first-order valence-electron chi connectivity index (χ1n) is 6.37. The van der Waals surface area contributed by atoms with Gasteiger partial charge in [0.1, 0.15) is 11.3 Å². The smallest absolute Gasteiger partial charge is 0.235 e. The number of hydrogen-bond acceptors (Lipinski definition) is 6. The van der Waals surface area contributed by atoms with Crippen LogP contribution in [-0.2, 0) is 0 Å². The van der Waals surface area contributed by atoms with E-state index in [0.29, 0.717) is 5.56 Å². The Morgan fingerprint density at radius 2 is 1.64 bits per heavy atom. The highest BCUT2D eigenvalue weighted by Crippen LogP contribution is 2.35. The Morgan fingerprint density at radius 1 is 1.00 bits per heavy atom. The third kappa shape index (κ3) is 2.10. The van der Waals surface area contributed by atoms with Crippen molar-refractivity contribution in [3.8, 4) is 34.3 Å². The summed E-state index contributed by atoms with van der Waals surface area (Å²) in [5.74, 6) is -0.585. The largest absolute Gasteiger partial charge is 0.508 e. The summed E-state index contributed by atoms with van der Waals surface area (Å²) in [6.07, 6.45) is 0. The van der Waals surface area contributed by atoms with Gasteiger partial charge in [-0.3, -0.25) is 4.79 Å². The predicted molar refractivity (Wildman–Crippen MR) is 79.5 cm³/mol. The average molecular weight is 300 g/mol. The van der Waals surface area contributed by atoms with Crippen molar-refractivity contribution in [3.05, 3.63) is 46.6 Å². The molecule has 6 heteroatoms. The van der Waals surface area contributed by atoms with Crippen molar-refractivity contribution in [1.29, 1.82) is 0 Å². The Hall–Kier alpha value is -3.15. The number of phenolic OH excluding ortho intramolecular Hbond substituents is 3. The number of benzene rings is 2. The number of rotatable bonds is 2. The molecule has 3 rings (SSSR count). The highest BCUT2D eigenvalue weighted by molar-refractivity contribution is 5.84. The van der Waals surface area contributed by atoms with Crippen LogP contribution in [0.1, 0.15) is 0 Å². The molecule has 112 valence electrons. The molecule has 2 aromatic carbocycles. The molecule has 0 bridgehead atoms. The van der Waals surface area contributed by atoms with Crippen LogP contribution in [0.25, 0.3) is 22.3 Å². The lowest BCUT2D eigenvalue weighted by molar-refractivity contribution is 0.395. The average Bonchev–Trinajstić information content (AvgIpc) is 2.50. The maximum atomic E-state index is 12.5. The molecule has 0 aliphatic carbocycles. The second-order valence-corrected chi connectivity index (χ2v) is 4.68. The molecular formula is C16H12O6. The molecule has 0 spiro atoms. The molecule has 0 atom stereocenters. The fourth-order valence-corrected chi connectivity index (χ4v) is 2.19. The Balaban J connectivity index is 2.37. The fourth-order valence-electron chi connectivity index (χ4n) is 2.19. The van der Waals surface area contributed by atoms with Crippen molar-refractivity contribution >= 4 is 11.0 Å². The standard InChI is InChI=1S/C16H12O6/c1-21-16-14(20)10-6-11(18)12(19)7-13(10)22-15(16)8-2-4-9(17)5-3-8/h2-7,17-19H,1H3. The molecule has 1 aromatic heterocycles. The first kappa shape index (κ1) is 13.8. The molecule has 0 amide bonds. The molecule has 0 saturated carbocycles. The van der Waals surface area contributed by atoms with E-state index in [4.69, 9.17) is 9.15 Å². The van der Waals surface area contributed by atoms with Crippen molar-refractivity contribution in [2.24, 2.45) is 0 Å². The van der Waals surface area contributed by atoms with E-state index >= 15 is 0 Å². The second-order valence-electron chi connectivity index (χ2n) is 4.68. The van der Waals surface area contributed by atoms with E-state index < -0.39 is 16.9 Å². The Bertz CT molecular complexity index is 909. The minimum absolute atomic E-state index is 0.0247. The maximum absolute atomic E-state index is 12.5. The van der Waals surface area contributed by atoms with Crippen LogP contribution < -0.4 is 10.2 Å². The molecule has 0 fully saturated rings. The lowest BCUT2D eigenvalue weighted by Gasteiger charge is -2.09. The summed E-state index contributed by atoms with van der Waals surface area (Å²) in [6, 6.07) is 8.33. The second kappa shape index (κ2) is 5.00. The minimum Gasteiger partial charge on any atom is -0.508 e. The Morgan fingerprint density at radius 3 is 2.27 bits per heavy atom. The third-order valence-electron chi connectivity index (χ3n) is 3.28.